The van der Waals surface area contributed by atoms with E-state index in [0.717, 1.165) is 25.5 Å². The van der Waals surface area contributed by atoms with Gasteiger partial charge in [0.15, 0.2) is 5.96 Å². The molecule has 1 rings (SSSR count). The molecule has 0 atom stereocenters. The van der Waals surface area contributed by atoms with Crippen molar-refractivity contribution >= 4 is 41.7 Å². The summed E-state index contributed by atoms with van der Waals surface area (Å²) in [6, 6.07) is 8.56. The maximum Gasteiger partial charge on any atom is 0.191 e. The van der Waals surface area contributed by atoms with Crippen LogP contribution < -0.4 is 10.6 Å². The highest BCUT2D eigenvalue weighted by molar-refractivity contribution is 14.0. The van der Waals surface area contributed by atoms with Crippen molar-refractivity contribution in [2.45, 2.75) is 32.7 Å². The Morgan fingerprint density at radius 2 is 1.86 bits per heavy atom. The van der Waals surface area contributed by atoms with Crippen LogP contribution in [0.4, 0.5) is 0 Å². The number of nitrogens with one attached hydrogen (secondary N) is 2. The van der Waals surface area contributed by atoms with Gasteiger partial charge in [0.1, 0.15) is 0 Å². The van der Waals surface area contributed by atoms with Gasteiger partial charge >= 0.3 is 0 Å². The van der Waals surface area contributed by atoms with Gasteiger partial charge in [0.2, 0.25) is 0 Å². The minimum absolute atomic E-state index is 0. The topological polar surface area (TPSA) is 36.4 Å². The van der Waals surface area contributed by atoms with Crippen molar-refractivity contribution in [3.63, 3.8) is 0 Å². The predicted octanol–water partition coefficient (Wildman–Crippen LogP) is 3.68. The van der Waals surface area contributed by atoms with Crippen LogP contribution in [0.1, 0.15) is 30.9 Å². The Kier molecular flexibility index (Phi) is 13.0. The molecule has 0 amide bonds. The maximum atomic E-state index is 4.27. The summed E-state index contributed by atoms with van der Waals surface area (Å²) in [5.41, 5.74) is 2.75. The van der Waals surface area contributed by atoms with E-state index in [0.29, 0.717) is 0 Å². The van der Waals surface area contributed by atoms with Gasteiger partial charge in [-0.05, 0) is 42.4 Å². The molecular weight excluding hydrogens is 393 g/mol. The molecule has 5 heteroatoms. The van der Waals surface area contributed by atoms with Crippen LogP contribution in [0.5, 0.6) is 0 Å². The first-order chi connectivity index (χ1) is 9.81. The third kappa shape index (κ3) is 8.56. The first kappa shape index (κ1) is 20.6. The van der Waals surface area contributed by atoms with Crippen LogP contribution in [0.2, 0.25) is 0 Å². The van der Waals surface area contributed by atoms with Gasteiger partial charge in [-0.25, -0.2) is 0 Å². The fourth-order valence-corrected chi connectivity index (χ4v) is 2.55. The van der Waals surface area contributed by atoms with E-state index in [1.54, 1.807) is 0 Å². The summed E-state index contributed by atoms with van der Waals surface area (Å²) in [6.07, 6.45) is 5.66. The average molecular weight is 421 g/mol. The van der Waals surface area contributed by atoms with Crippen molar-refractivity contribution in [3.05, 3.63) is 35.4 Å². The fourth-order valence-electron chi connectivity index (χ4n) is 2.05. The molecule has 0 radical (unpaired) electrons. The number of thioether (sulfide) groups is 1. The lowest BCUT2D eigenvalue weighted by atomic mass is 10.1. The maximum absolute atomic E-state index is 4.27. The first-order valence-corrected chi connectivity index (χ1v) is 8.71. The number of aliphatic imine (C=N–C) groups is 1. The lowest BCUT2D eigenvalue weighted by Gasteiger charge is -2.13. The highest BCUT2D eigenvalue weighted by Crippen LogP contribution is 2.08. The summed E-state index contributed by atoms with van der Waals surface area (Å²) < 4.78 is 0. The molecule has 1 aromatic carbocycles. The highest BCUT2D eigenvalue weighted by atomic mass is 127. The largest absolute Gasteiger partial charge is 0.356 e. The summed E-state index contributed by atoms with van der Waals surface area (Å²) in [4.78, 5) is 4.27. The Balaban J connectivity index is 0.00000400. The standard InChI is InChI=1S/C16H27N3S.HI/c1-4-14-9-5-6-10-15(14)13-19-16(17-2)18-11-7-8-12-20-3;/h5-6,9-10H,4,7-8,11-13H2,1-3H3,(H2,17,18,19);1H. The van der Waals surface area contributed by atoms with Crippen molar-refractivity contribution < 1.29 is 0 Å². The van der Waals surface area contributed by atoms with E-state index in [9.17, 15) is 0 Å². The van der Waals surface area contributed by atoms with Gasteiger partial charge in [0.05, 0.1) is 0 Å². The smallest absolute Gasteiger partial charge is 0.191 e. The van der Waals surface area contributed by atoms with Crippen molar-refractivity contribution in [1.29, 1.82) is 0 Å². The van der Waals surface area contributed by atoms with Crippen molar-refractivity contribution in [2.24, 2.45) is 4.99 Å². The molecule has 1 aromatic rings. The number of rotatable bonds is 8. The normalized spacial score (nSPS) is 10.9. The molecule has 120 valence electrons. The lowest BCUT2D eigenvalue weighted by Crippen LogP contribution is -2.37. The molecule has 0 aromatic heterocycles. The molecule has 0 unspecified atom stereocenters. The second kappa shape index (κ2) is 13.2. The van der Waals surface area contributed by atoms with Crippen LogP contribution in [0.15, 0.2) is 29.3 Å². The molecule has 0 saturated carbocycles. The second-order valence-corrected chi connectivity index (χ2v) is 5.66. The molecule has 0 saturated heterocycles. The number of nitrogens with zero attached hydrogens (tertiary/aromatic N) is 1. The second-order valence-electron chi connectivity index (χ2n) is 4.67. The fraction of sp³-hybridized carbons (Fsp3) is 0.562. The molecular formula is C16H28IN3S. The minimum atomic E-state index is 0. The molecule has 21 heavy (non-hydrogen) atoms. The molecule has 0 fully saturated rings. The number of hydrogen-bond donors (Lipinski definition) is 2. The van der Waals surface area contributed by atoms with Crippen molar-refractivity contribution in [1.82, 2.24) is 10.6 Å². The summed E-state index contributed by atoms with van der Waals surface area (Å²) in [6.45, 7) is 4.00. The Morgan fingerprint density at radius 1 is 1.14 bits per heavy atom. The summed E-state index contributed by atoms with van der Waals surface area (Å²) >= 11 is 1.90. The number of guanidine groups is 1. The van der Waals surface area contributed by atoms with E-state index >= 15 is 0 Å². The summed E-state index contributed by atoms with van der Waals surface area (Å²) in [5.74, 6) is 2.12. The SMILES string of the molecule is CCc1ccccc1CNC(=NC)NCCCCSC.I. The van der Waals surface area contributed by atoms with E-state index in [-0.39, 0.29) is 24.0 Å². The van der Waals surface area contributed by atoms with Crippen molar-refractivity contribution in [3.8, 4) is 0 Å². The van der Waals surface area contributed by atoms with Crippen LogP contribution in [0.25, 0.3) is 0 Å². The Bertz CT molecular complexity index is 410. The van der Waals surface area contributed by atoms with E-state index in [1.165, 1.54) is 29.7 Å². The van der Waals surface area contributed by atoms with E-state index in [4.69, 9.17) is 0 Å². The van der Waals surface area contributed by atoms with Gasteiger partial charge in [-0.3, -0.25) is 4.99 Å². The third-order valence-corrected chi connectivity index (χ3v) is 3.93. The number of aryl methyl sites for hydroxylation is 1. The van der Waals surface area contributed by atoms with Gasteiger partial charge in [-0.1, -0.05) is 31.2 Å². The zero-order valence-electron chi connectivity index (χ0n) is 13.3. The Morgan fingerprint density at radius 3 is 2.48 bits per heavy atom. The average Bonchev–Trinajstić information content (AvgIpc) is 2.50. The number of unbranched alkanes of at least 4 members (excludes halogenated alkanes) is 1. The molecule has 0 aliphatic heterocycles. The van der Waals surface area contributed by atoms with E-state index < -0.39 is 0 Å². The highest BCUT2D eigenvalue weighted by Gasteiger charge is 2.01. The molecule has 3 nitrogen and oxygen atoms in total. The molecule has 0 aliphatic carbocycles. The third-order valence-electron chi connectivity index (χ3n) is 3.24. The number of benzene rings is 1. The monoisotopic (exact) mass is 421 g/mol. The van der Waals surface area contributed by atoms with Gasteiger partial charge in [0.25, 0.3) is 0 Å². The first-order valence-electron chi connectivity index (χ1n) is 7.32. The van der Waals surface area contributed by atoms with Gasteiger partial charge in [0, 0.05) is 20.1 Å². The van der Waals surface area contributed by atoms with Crippen LogP contribution in [0.3, 0.4) is 0 Å². The van der Waals surface area contributed by atoms with Crippen LogP contribution in [-0.2, 0) is 13.0 Å². The molecule has 0 aliphatic rings. The molecule has 0 bridgehead atoms. The van der Waals surface area contributed by atoms with Gasteiger partial charge in [-0.2, -0.15) is 11.8 Å². The molecule has 0 heterocycles. The van der Waals surface area contributed by atoms with Crippen molar-refractivity contribution in [2.75, 3.05) is 25.6 Å². The Hall–Kier alpha value is -0.430. The van der Waals surface area contributed by atoms with Crippen LogP contribution in [0, 0.1) is 0 Å². The minimum Gasteiger partial charge on any atom is -0.356 e. The molecule has 2 N–H and O–H groups in total. The van der Waals surface area contributed by atoms with E-state index in [2.05, 4.69) is 53.1 Å². The number of hydrogen-bond acceptors (Lipinski definition) is 2. The van der Waals surface area contributed by atoms with Crippen LogP contribution in [-0.4, -0.2) is 31.6 Å². The summed E-state index contributed by atoms with van der Waals surface area (Å²) in [7, 11) is 1.82. The predicted molar refractivity (Wildman–Crippen MR) is 107 cm³/mol. The zero-order chi connectivity index (χ0) is 14.6. The molecule has 0 spiro atoms. The lowest BCUT2D eigenvalue weighted by molar-refractivity contribution is 0.732. The quantitative estimate of drug-likeness (QED) is 0.291. The van der Waals surface area contributed by atoms with Gasteiger partial charge in [-0.15, -0.1) is 24.0 Å². The number of halogens is 1. The summed E-state index contributed by atoms with van der Waals surface area (Å²) in [5, 5.41) is 6.75. The van der Waals surface area contributed by atoms with Gasteiger partial charge < -0.3 is 10.6 Å². The van der Waals surface area contributed by atoms with Crippen LogP contribution >= 0.6 is 35.7 Å². The van der Waals surface area contributed by atoms with E-state index in [1.807, 2.05) is 18.8 Å². The Labute approximate surface area is 150 Å². The zero-order valence-corrected chi connectivity index (χ0v) is 16.5.